The molecule has 0 aromatic rings. The zero-order valence-corrected chi connectivity index (χ0v) is 11.8. The number of nitrogens with zero attached hydrogens (tertiary/aromatic N) is 2. The quantitative estimate of drug-likeness (QED) is 0.688. The average Bonchev–Trinajstić information content (AvgIpc) is 2.45. The second kappa shape index (κ2) is 10.1. The molecule has 3 nitrogen and oxygen atoms in total. The van der Waals surface area contributed by atoms with Crippen LogP contribution in [-0.2, 0) is 4.74 Å². The van der Waals surface area contributed by atoms with E-state index in [4.69, 9.17) is 4.74 Å². The van der Waals surface area contributed by atoms with Crippen LogP contribution in [0.1, 0.15) is 33.6 Å². The van der Waals surface area contributed by atoms with Crippen molar-refractivity contribution in [2.75, 3.05) is 46.9 Å². The first-order valence-corrected chi connectivity index (χ1v) is 6.65. The van der Waals surface area contributed by atoms with Gasteiger partial charge in [-0.25, -0.2) is 0 Å². The number of rotatable bonds is 4. The van der Waals surface area contributed by atoms with E-state index in [1.165, 1.54) is 32.6 Å². The molecule has 16 heavy (non-hydrogen) atoms. The van der Waals surface area contributed by atoms with E-state index in [9.17, 15) is 0 Å². The molecule has 0 N–H and O–H groups in total. The number of ether oxygens (including phenoxy) is 1. The third-order valence-corrected chi connectivity index (χ3v) is 3.08. The second-order valence-electron chi connectivity index (χ2n) is 4.33. The van der Waals surface area contributed by atoms with Gasteiger partial charge < -0.3 is 14.5 Å². The van der Waals surface area contributed by atoms with Crippen molar-refractivity contribution in [1.29, 1.82) is 0 Å². The van der Waals surface area contributed by atoms with Gasteiger partial charge in [-0.2, -0.15) is 0 Å². The van der Waals surface area contributed by atoms with Crippen LogP contribution in [0.2, 0.25) is 0 Å². The highest BCUT2D eigenvalue weighted by atomic mass is 16.5. The Bertz CT molecular complexity index is 153. The van der Waals surface area contributed by atoms with E-state index in [0.29, 0.717) is 6.04 Å². The first-order chi connectivity index (χ1) is 7.74. The van der Waals surface area contributed by atoms with Gasteiger partial charge in [-0.3, -0.25) is 0 Å². The van der Waals surface area contributed by atoms with Gasteiger partial charge in [-0.05, 0) is 39.9 Å². The minimum atomic E-state index is 0.694. The molecule has 0 saturated carbocycles. The summed E-state index contributed by atoms with van der Waals surface area (Å²) in [6.45, 7) is 12.1. The van der Waals surface area contributed by atoms with Crippen LogP contribution in [0.25, 0.3) is 0 Å². The van der Waals surface area contributed by atoms with Crippen molar-refractivity contribution in [3.05, 3.63) is 0 Å². The van der Waals surface area contributed by atoms with Gasteiger partial charge in [-0.1, -0.05) is 13.8 Å². The molecule has 1 saturated heterocycles. The molecular formula is C13H30N2O. The first kappa shape index (κ1) is 15.9. The molecule has 0 radical (unpaired) electrons. The normalized spacial score (nSPS) is 23.4. The standard InChI is InChI=1S/C11H24N2O.C2H6/c1-11-10-13(8-5-9-14-3)7-4-6-12(11)2;1-2/h11H,4-10H2,1-3H3;1-2H3. The molecule has 1 fully saturated rings. The minimum absolute atomic E-state index is 0.694. The predicted molar refractivity (Wildman–Crippen MR) is 71.0 cm³/mol. The molecule has 1 unspecified atom stereocenters. The summed E-state index contributed by atoms with van der Waals surface area (Å²) in [5.74, 6) is 0. The van der Waals surface area contributed by atoms with E-state index in [2.05, 4.69) is 23.8 Å². The van der Waals surface area contributed by atoms with Crippen LogP contribution in [0, 0.1) is 0 Å². The van der Waals surface area contributed by atoms with Crippen LogP contribution in [0.3, 0.4) is 0 Å². The minimum Gasteiger partial charge on any atom is -0.385 e. The van der Waals surface area contributed by atoms with Gasteiger partial charge in [-0.15, -0.1) is 0 Å². The molecule has 1 rings (SSSR count). The fourth-order valence-electron chi connectivity index (χ4n) is 2.00. The summed E-state index contributed by atoms with van der Waals surface area (Å²) in [7, 11) is 4.00. The number of likely N-dealkylation sites (N-methyl/N-ethyl adjacent to an activating group) is 1. The Morgan fingerprint density at radius 3 is 2.56 bits per heavy atom. The highest BCUT2D eigenvalue weighted by Gasteiger charge is 2.17. The monoisotopic (exact) mass is 230 g/mol. The number of hydrogen-bond donors (Lipinski definition) is 0. The Kier molecular flexibility index (Phi) is 9.99. The largest absolute Gasteiger partial charge is 0.385 e. The first-order valence-electron chi connectivity index (χ1n) is 6.65. The van der Waals surface area contributed by atoms with Gasteiger partial charge in [0.15, 0.2) is 0 Å². The summed E-state index contributed by atoms with van der Waals surface area (Å²) in [5, 5.41) is 0. The third kappa shape index (κ3) is 6.46. The summed E-state index contributed by atoms with van der Waals surface area (Å²) < 4.78 is 5.08. The average molecular weight is 230 g/mol. The Balaban J connectivity index is 0.00000106. The van der Waals surface area contributed by atoms with Gasteiger partial charge >= 0.3 is 0 Å². The lowest BCUT2D eigenvalue weighted by molar-refractivity contribution is 0.165. The highest BCUT2D eigenvalue weighted by Crippen LogP contribution is 2.07. The fourth-order valence-corrected chi connectivity index (χ4v) is 2.00. The molecule has 1 aliphatic rings. The maximum Gasteiger partial charge on any atom is 0.0474 e. The zero-order valence-electron chi connectivity index (χ0n) is 11.8. The van der Waals surface area contributed by atoms with Gasteiger partial charge in [0.25, 0.3) is 0 Å². The summed E-state index contributed by atoms with van der Waals surface area (Å²) in [6, 6.07) is 0.694. The lowest BCUT2D eigenvalue weighted by Gasteiger charge is -2.25. The lowest BCUT2D eigenvalue weighted by Crippen LogP contribution is -2.37. The molecule has 0 bridgehead atoms. The Hall–Kier alpha value is -0.120. The molecule has 98 valence electrons. The topological polar surface area (TPSA) is 15.7 Å². The van der Waals surface area contributed by atoms with E-state index in [0.717, 1.165) is 13.0 Å². The third-order valence-electron chi connectivity index (χ3n) is 3.08. The lowest BCUT2D eigenvalue weighted by atomic mass is 10.3. The SMILES string of the molecule is CC.COCCCN1CCCN(C)C(C)C1. The van der Waals surface area contributed by atoms with Crippen LogP contribution >= 0.6 is 0 Å². The highest BCUT2D eigenvalue weighted by molar-refractivity contribution is 4.74. The fraction of sp³-hybridized carbons (Fsp3) is 1.00. The molecule has 0 aliphatic carbocycles. The van der Waals surface area contributed by atoms with Crippen molar-refractivity contribution in [3.63, 3.8) is 0 Å². The van der Waals surface area contributed by atoms with Crippen LogP contribution in [0.4, 0.5) is 0 Å². The van der Waals surface area contributed by atoms with Crippen molar-refractivity contribution < 1.29 is 4.74 Å². The summed E-state index contributed by atoms with van der Waals surface area (Å²) in [6.07, 6.45) is 2.46. The maximum absolute atomic E-state index is 5.08. The Morgan fingerprint density at radius 1 is 1.25 bits per heavy atom. The maximum atomic E-state index is 5.08. The van der Waals surface area contributed by atoms with Crippen molar-refractivity contribution >= 4 is 0 Å². The van der Waals surface area contributed by atoms with E-state index >= 15 is 0 Å². The molecule has 0 amide bonds. The van der Waals surface area contributed by atoms with Crippen LogP contribution in [0.5, 0.6) is 0 Å². The zero-order chi connectivity index (χ0) is 12.4. The molecule has 0 aromatic heterocycles. The van der Waals surface area contributed by atoms with Gasteiger partial charge in [0.2, 0.25) is 0 Å². The number of methoxy groups -OCH3 is 1. The Labute approximate surface area is 102 Å². The number of hydrogen-bond acceptors (Lipinski definition) is 3. The molecule has 0 spiro atoms. The van der Waals surface area contributed by atoms with E-state index < -0.39 is 0 Å². The molecule has 3 heteroatoms. The summed E-state index contributed by atoms with van der Waals surface area (Å²) >= 11 is 0. The van der Waals surface area contributed by atoms with E-state index in [-0.39, 0.29) is 0 Å². The van der Waals surface area contributed by atoms with Crippen molar-refractivity contribution in [3.8, 4) is 0 Å². The van der Waals surface area contributed by atoms with Crippen molar-refractivity contribution in [1.82, 2.24) is 9.80 Å². The van der Waals surface area contributed by atoms with Gasteiger partial charge in [0.05, 0.1) is 0 Å². The smallest absolute Gasteiger partial charge is 0.0474 e. The predicted octanol–water partition coefficient (Wildman–Crippen LogP) is 2.08. The van der Waals surface area contributed by atoms with Crippen LogP contribution in [-0.4, -0.2) is 62.8 Å². The molecule has 0 aromatic carbocycles. The summed E-state index contributed by atoms with van der Waals surface area (Å²) in [4.78, 5) is 5.02. The van der Waals surface area contributed by atoms with Gasteiger partial charge in [0.1, 0.15) is 0 Å². The summed E-state index contributed by atoms with van der Waals surface area (Å²) in [5.41, 5.74) is 0. The second-order valence-corrected chi connectivity index (χ2v) is 4.33. The molecule has 1 atom stereocenters. The van der Waals surface area contributed by atoms with E-state index in [1.54, 1.807) is 7.11 Å². The molecule has 1 aliphatic heterocycles. The van der Waals surface area contributed by atoms with Gasteiger partial charge in [0, 0.05) is 32.8 Å². The van der Waals surface area contributed by atoms with Crippen LogP contribution < -0.4 is 0 Å². The van der Waals surface area contributed by atoms with Crippen molar-refractivity contribution in [2.24, 2.45) is 0 Å². The molecule has 1 heterocycles. The van der Waals surface area contributed by atoms with Crippen LogP contribution in [0.15, 0.2) is 0 Å². The Morgan fingerprint density at radius 2 is 1.94 bits per heavy atom. The van der Waals surface area contributed by atoms with Crippen molar-refractivity contribution in [2.45, 2.75) is 39.7 Å². The molecular weight excluding hydrogens is 200 g/mol. The van der Waals surface area contributed by atoms with E-state index in [1.807, 2.05) is 13.8 Å².